The molecule has 124 valence electrons. The van der Waals surface area contributed by atoms with Crippen molar-refractivity contribution in [2.45, 2.75) is 19.0 Å². The topological polar surface area (TPSA) is 27.9 Å². The lowest BCUT2D eigenvalue weighted by molar-refractivity contribution is 0.580. The van der Waals surface area contributed by atoms with Crippen LogP contribution in [0.1, 0.15) is 11.1 Å². The standard InChI is InChI=1S/C21H19FN3/c22-18-6-3-7-21(13-18)25(20-8-10-23-11-9-20)15-19-12-16-4-1-2-5-17(16)14-24-19/h1-11,13,15,19,24H,12,14H2/q+1/t19-/m0/s1. The van der Waals surface area contributed by atoms with Gasteiger partial charge in [0.2, 0.25) is 11.4 Å². The minimum atomic E-state index is -0.244. The van der Waals surface area contributed by atoms with Crippen LogP contribution in [0.15, 0.2) is 73.1 Å². The fourth-order valence-corrected chi connectivity index (χ4v) is 3.22. The number of fused-ring (bicyclic) bond motifs is 1. The smallest absolute Gasteiger partial charge is 0.213 e. The van der Waals surface area contributed by atoms with E-state index in [2.05, 4.69) is 40.8 Å². The summed E-state index contributed by atoms with van der Waals surface area (Å²) < 4.78 is 15.8. The van der Waals surface area contributed by atoms with Crippen LogP contribution in [0.25, 0.3) is 0 Å². The molecular formula is C21H19FN3+. The number of hydrogen-bond acceptors (Lipinski definition) is 2. The van der Waals surface area contributed by atoms with Crippen molar-refractivity contribution in [1.29, 1.82) is 0 Å². The molecule has 2 aromatic carbocycles. The molecule has 1 aliphatic rings. The van der Waals surface area contributed by atoms with Gasteiger partial charge in [-0.15, -0.1) is 0 Å². The van der Waals surface area contributed by atoms with Crippen molar-refractivity contribution in [3.8, 4) is 0 Å². The van der Waals surface area contributed by atoms with Gasteiger partial charge in [-0.1, -0.05) is 30.3 Å². The Morgan fingerprint density at radius 1 is 0.960 bits per heavy atom. The lowest BCUT2D eigenvalue weighted by Crippen LogP contribution is -2.39. The molecule has 0 radical (unpaired) electrons. The Morgan fingerprint density at radius 2 is 1.76 bits per heavy atom. The summed E-state index contributed by atoms with van der Waals surface area (Å²) >= 11 is 0. The Morgan fingerprint density at radius 3 is 2.56 bits per heavy atom. The van der Waals surface area contributed by atoms with E-state index in [9.17, 15) is 4.39 Å². The predicted molar refractivity (Wildman–Crippen MR) is 98.9 cm³/mol. The third-order valence-corrected chi connectivity index (χ3v) is 4.47. The molecule has 4 rings (SSSR count). The van der Waals surface area contributed by atoms with Crippen molar-refractivity contribution in [3.05, 3.63) is 90.0 Å². The normalized spacial score (nSPS) is 17.2. The second-order valence-electron chi connectivity index (χ2n) is 6.16. The Bertz CT molecular complexity index is 906. The highest BCUT2D eigenvalue weighted by Crippen LogP contribution is 2.21. The van der Waals surface area contributed by atoms with E-state index in [-0.39, 0.29) is 11.9 Å². The fraction of sp³-hybridized carbons (Fsp3) is 0.143. The van der Waals surface area contributed by atoms with Gasteiger partial charge in [0.15, 0.2) is 6.21 Å². The SMILES string of the molecule is Fc1cccc([N+](=C[C@@H]2Cc3ccccc3CN2)c2ccncc2)c1. The van der Waals surface area contributed by atoms with Gasteiger partial charge in [-0.05, 0) is 23.6 Å². The molecule has 3 aromatic rings. The van der Waals surface area contributed by atoms with Crippen LogP contribution in [0.2, 0.25) is 0 Å². The molecule has 0 fully saturated rings. The average molecular weight is 332 g/mol. The van der Waals surface area contributed by atoms with Gasteiger partial charge in [0.1, 0.15) is 5.82 Å². The number of benzene rings is 2. The Labute approximate surface area is 146 Å². The minimum Gasteiger partial charge on any atom is -0.301 e. The molecule has 0 amide bonds. The van der Waals surface area contributed by atoms with E-state index >= 15 is 0 Å². The second-order valence-corrected chi connectivity index (χ2v) is 6.16. The summed E-state index contributed by atoms with van der Waals surface area (Å²) in [6.45, 7) is 0.838. The highest BCUT2D eigenvalue weighted by Gasteiger charge is 2.22. The monoisotopic (exact) mass is 332 g/mol. The minimum absolute atomic E-state index is 0.173. The van der Waals surface area contributed by atoms with Crippen molar-refractivity contribution in [3.63, 3.8) is 0 Å². The Kier molecular flexibility index (Phi) is 4.36. The second kappa shape index (κ2) is 6.95. The Balaban J connectivity index is 1.73. The number of nitrogens with one attached hydrogen (secondary N) is 1. The van der Waals surface area contributed by atoms with Gasteiger partial charge in [0.25, 0.3) is 0 Å². The first kappa shape index (κ1) is 15.7. The van der Waals surface area contributed by atoms with Crippen molar-refractivity contribution < 1.29 is 4.39 Å². The van der Waals surface area contributed by atoms with E-state index in [4.69, 9.17) is 0 Å². The molecule has 1 aliphatic heterocycles. The maximum absolute atomic E-state index is 13.8. The largest absolute Gasteiger partial charge is 0.301 e. The number of aromatic nitrogens is 1. The van der Waals surface area contributed by atoms with Gasteiger partial charge in [-0.2, -0.15) is 4.58 Å². The maximum Gasteiger partial charge on any atom is 0.213 e. The van der Waals surface area contributed by atoms with Crippen LogP contribution in [0.4, 0.5) is 15.8 Å². The van der Waals surface area contributed by atoms with Crippen LogP contribution in [0.3, 0.4) is 0 Å². The number of pyridine rings is 1. The van der Waals surface area contributed by atoms with E-state index in [0.717, 1.165) is 24.3 Å². The van der Waals surface area contributed by atoms with Gasteiger partial charge >= 0.3 is 0 Å². The molecule has 1 aromatic heterocycles. The predicted octanol–water partition coefficient (Wildman–Crippen LogP) is 3.84. The fourth-order valence-electron chi connectivity index (χ4n) is 3.22. The summed E-state index contributed by atoms with van der Waals surface area (Å²) in [6, 6.07) is 19.2. The number of nitrogens with zero attached hydrogens (tertiary/aromatic N) is 2. The third-order valence-electron chi connectivity index (χ3n) is 4.47. The molecule has 1 atom stereocenters. The highest BCUT2D eigenvalue weighted by molar-refractivity contribution is 5.75. The maximum atomic E-state index is 13.8. The Hall–Kier alpha value is -2.85. The number of halogens is 1. The van der Waals surface area contributed by atoms with Gasteiger partial charge in [0.05, 0.1) is 6.04 Å². The van der Waals surface area contributed by atoms with Crippen LogP contribution in [-0.2, 0) is 13.0 Å². The molecule has 25 heavy (non-hydrogen) atoms. The summed E-state index contributed by atoms with van der Waals surface area (Å²) in [5.74, 6) is -0.244. The molecule has 2 heterocycles. The van der Waals surface area contributed by atoms with E-state index in [0.29, 0.717) is 0 Å². The average Bonchev–Trinajstić information content (AvgIpc) is 2.66. The molecule has 0 bridgehead atoms. The van der Waals surface area contributed by atoms with Crippen molar-refractivity contribution in [1.82, 2.24) is 14.9 Å². The molecule has 0 spiro atoms. The zero-order chi connectivity index (χ0) is 17.1. The molecule has 4 heteroatoms. The van der Waals surface area contributed by atoms with Gasteiger partial charge < -0.3 is 5.32 Å². The summed E-state index contributed by atoms with van der Waals surface area (Å²) in [7, 11) is 0. The number of rotatable bonds is 3. The van der Waals surface area contributed by atoms with Gasteiger partial charge in [-0.3, -0.25) is 4.98 Å². The lowest BCUT2D eigenvalue weighted by Gasteiger charge is -2.22. The zero-order valence-corrected chi connectivity index (χ0v) is 13.8. The van der Waals surface area contributed by atoms with Crippen LogP contribution in [0.5, 0.6) is 0 Å². The summed E-state index contributed by atoms with van der Waals surface area (Å²) in [4.78, 5) is 4.09. The van der Waals surface area contributed by atoms with Crippen LogP contribution >= 0.6 is 0 Å². The molecule has 0 saturated heterocycles. The van der Waals surface area contributed by atoms with Crippen molar-refractivity contribution >= 4 is 17.6 Å². The third kappa shape index (κ3) is 3.49. The highest BCUT2D eigenvalue weighted by atomic mass is 19.1. The molecule has 1 N–H and O–H groups in total. The molecule has 0 unspecified atom stereocenters. The summed E-state index contributed by atoms with van der Waals surface area (Å²) in [5, 5.41) is 3.55. The van der Waals surface area contributed by atoms with Crippen molar-refractivity contribution in [2.24, 2.45) is 0 Å². The molecule has 3 nitrogen and oxygen atoms in total. The zero-order valence-electron chi connectivity index (χ0n) is 13.8. The summed E-state index contributed by atoms with van der Waals surface area (Å²) in [5.41, 5.74) is 4.46. The van der Waals surface area contributed by atoms with Crippen LogP contribution < -0.4 is 9.89 Å². The first-order valence-corrected chi connectivity index (χ1v) is 8.39. The van der Waals surface area contributed by atoms with E-state index < -0.39 is 0 Å². The van der Waals surface area contributed by atoms with Gasteiger partial charge in [-0.25, -0.2) is 4.39 Å². The quantitative estimate of drug-likeness (QED) is 0.583. The molecule has 0 aliphatic carbocycles. The van der Waals surface area contributed by atoms with E-state index in [1.165, 1.54) is 17.2 Å². The molecule has 0 saturated carbocycles. The lowest BCUT2D eigenvalue weighted by atomic mass is 9.96. The van der Waals surface area contributed by atoms with Crippen molar-refractivity contribution in [2.75, 3.05) is 0 Å². The number of hydrogen-bond donors (Lipinski definition) is 1. The first-order chi connectivity index (χ1) is 12.3. The van der Waals surface area contributed by atoms with Gasteiger partial charge in [0, 0.05) is 43.2 Å². The van der Waals surface area contributed by atoms with E-state index in [1.54, 1.807) is 24.5 Å². The van der Waals surface area contributed by atoms with Crippen LogP contribution in [0, 0.1) is 5.82 Å². The summed E-state index contributed by atoms with van der Waals surface area (Å²) in [6.07, 6.45) is 6.53. The molecular weight excluding hydrogens is 313 g/mol. The van der Waals surface area contributed by atoms with Crippen LogP contribution in [-0.4, -0.2) is 17.2 Å². The first-order valence-electron chi connectivity index (χ1n) is 8.39. The van der Waals surface area contributed by atoms with E-state index in [1.807, 2.05) is 22.8 Å².